The van der Waals surface area contributed by atoms with Gasteiger partial charge in [0.05, 0.1) is 19.4 Å². The molecule has 2 atom stereocenters. The Balaban J connectivity index is 2.22. The first-order valence-electron chi connectivity index (χ1n) is 8.64. The average Bonchev–Trinajstić information content (AvgIpc) is 2.65. The van der Waals surface area contributed by atoms with Gasteiger partial charge in [-0.15, -0.1) is 0 Å². The zero-order valence-corrected chi connectivity index (χ0v) is 15.3. The molecule has 2 unspecified atom stereocenters. The first-order chi connectivity index (χ1) is 13.6. The van der Waals surface area contributed by atoms with Crippen LogP contribution in [0.4, 0.5) is 27.6 Å². The fourth-order valence-corrected chi connectivity index (χ4v) is 3.15. The molecule has 1 aromatic heterocycles. The Bertz CT molecular complexity index is 1020. The van der Waals surface area contributed by atoms with Crippen LogP contribution in [-0.4, -0.2) is 29.7 Å². The number of pyridine rings is 1. The predicted molar refractivity (Wildman–Crippen MR) is 101 cm³/mol. The summed E-state index contributed by atoms with van der Waals surface area (Å²) in [7, 11) is 5.25. The van der Waals surface area contributed by atoms with E-state index in [4.69, 9.17) is 7.85 Å². The van der Waals surface area contributed by atoms with Crippen LogP contribution in [0.25, 0.3) is 10.9 Å². The van der Waals surface area contributed by atoms with E-state index in [9.17, 15) is 27.1 Å². The largest absolute Gasteiger partial charge is 0.418 e. The third-order valence-corrected chi connectivity index (χ3v) is 4.74. The van der Waals surface area contributed by atoms with E-state index in [-0.39, 0.29) is 5.69 Å². The second kappa shape index (κ2) is 7.63. The molecule has 0 aliphatic rings. The summed E-state index contributed by atoms with van der Waals surface area (Å²) in [6, 6.07) is 8.26. The van der Waals surface area contributed by atoms with Crippen LogP contribution in [0.3, 0.4) is 0 Å². The second-order valence-corrected chi connectivity index (χ2v) is 6.66. The lowest BCUT2D eigenvalue weighted by Crippen LogP contribution is -2.52. The van der Waals surface area contributed by atoms with Gasteiger partial charge in [0.15, 0.2) is 5.60 Å². The predicted octanol–water partition coefficient (Wildman–Crippen LogP) is 4.85. The maximum atomic E-state index is 14.4. The molecule has 0 aliphatic heterocycles. The van der Waals surface area contributed by atoms with Gasteiger partial charge in [0, 0.05) is 22.3 Å². The van der Waals surface area contributed by atoms with Crippen LogP contribution in [0.15, 0.2) is 48.5 Å². The van der Waals surface area contributed by atoms with Crippen molar-refractivity contribution in [2.45, 2.75) is 31.1 Å². The van der Waals surface area contributed by atoms with Gasteiger partial charge in [-0.2, -0.15) is 13.2 Å². The van der Waals surface area contributed by atoms with Crippen molar-refractivity contribution < 1.29 is 27.1 Å². The number of hydrogen-bond donors (Lipinski definition) is 2. The number of halogens is 5. The zero-order valence-electron chi connectivity index (χ0n) is 15.3. The topological polar surface area (TPSA) is 45.1 Å². The molecule has 2 N–H and O–H groups in total. The highest BCUT2D eigenvalue weighted by atomic mass is 19.4. The number of alkyl halides is 3. The maximum absolute atomic E-state index is 14.4. The fourth-order valence-electron chi connectivity index (χ4n) is 3.15. The zero-order chi connectivity index (χ0) is 21.4. The maximum Gasteiger partial charge on any atom is 0.418 e. The number of aryl methyl sites for hydroxylation is 1. The van der Waals surface area contributed by atoms with Gasteiger partial charge < -0.3 is 10.4 Å². The van der Waals surface area contributed by atoms with Crippen LogP contribution in [0.2, 0.25) is 6.32 Å². The van der Waals surface area contributed by atoms with E-state index in [2.05, 4.69) is 10.3 Å². The summed E-state index contributed by atoms with van der Waals surface area (Å²) in [6.45, 7) is 1.74. The second-order valence-electron chi connectivity index (χ2n) is 6.66. The van der Waals surface area contributed by atoms with Gasteiger partial charge in [-0.25, -0.2) is 8.78 Å². The molecular weight excluding hydrogens is 390 g/mol. The number of nitrogens with zero attached hydrogens (tertiary/aromatic N) is 1. The van der Waals surface area contributed by atoms with Crippen molar-refractivity contribution >= 4 is 24.4 Å². The molecule has 9 heteroatoms. The lowest BCUT2D eigenvalue weighted by molar-refractivity contribution is -0.258. The molecule has 0 spiro atoms. The van der Waals surface area contributed by atoms with Gasteiger partial charge in [-0.3, -0.25) is 4.98 Å². The molecule has 3 nitrogen and oxygen atoms in total. The van der Waals surface area contributed by atoms with Crippen LogP contribution in [0.1, 0.15) is 17.3 Å². The third-order valence-electron chi connectivity index (χ3n) is 4.74. The van der Waals surface area contributed by atoms with Crippen molar-refractivity contribution in [1.29, 1.82) is 0 Å². The summed E-state index contributed by atoms with van der Waals surface area (Å²) in [5, 5.41) is 13.3. The Morgan fingerprint density at radius 3 is 2.24 bits per heavy atom. The van der Waals surface area contributed by atoms with E-state index in [0.717, 1.165) is 18.2 Å². The highest BCUT2D eigenvalue weighted by Crippen LogP contribution is 2.45. The molecule has 3 aromatic rings. The molecule has 2 radical (unpaired) electrons. The van der Waals surface area contributed by atoms with E-state index in [1.807, 2.05) is 0 Å². The quantitative estimate of drug-likeness (QED) is 0.470. The van der Waals surface area contributed by atoms with Crippen LogP contribution >= 0.6 is 0 Å². The smallest absolute Gasteiger partial charge is 0.379 e. The molecule has 150 valence electrons. The Kier molecular flexibility index (Phi) is 5.53. The Morgan fingerprint density at radius 1 is 1.03 bits per heavy atom. The van der Waals surface area contributed by atoms with E-state index in [1.54, 1.807) is 25.1 Å². The molecule has 29 heavy (non-hydrogen) atoms. The van der Waals surface area contributed by atoms with E-state index in [0.29, 0.717) is 16.6 Å². The number of benzene rings is 2. The minimum atomic E-state index is -5.27. The third kappa shape index (κ3) is 3.79. The Morgan fingerprint density at radius 2 is 1.66 bits per heavy atom. The molecule has 0 fully saturated rings. The molecule has 0 saturated carbocycles. The number of anilines is 1. The summed E-state index contributed by atoms with van der Waals surface area (Å²) >= 11 is 0. The lowest BCUT2D eigenvalue weighted by atomic mass is 9.77. The fraction of sp³-hybridized carbons (Fsp3) is 0.250. The van der Waals surface area contributed by atoms with Crippen molar-refractivity contribution in [3.63, 3.8) is 0 Å². The van der Waals surface area contributed by atoms with Crippen molar-refractivity contribution in [3.8, 4) is 0 Å². The van der Waals surface area contributed by atoms with Gasteiger partial charge in [0.25, 0.3) is 0 Å². The lowest BCUT2D eigenvalue weighted by Gasteiger charge is -2.38. The van der Waals surface area contributed by atoms with Crippen LogP contribution in [0.5, 0.6) is 0 Å². The van der Waals surface area contributed by atoms with Crippen LogP contribution < -0.4 is 5.32 Å². The molecule has 1 heterocycles. The number of fused-ring (bicyclic) bond motifs is 1. The van der Waals surface area contributed by atoms with E-state index >= 15 is 0 Å². The van der Waals surface area contributed by atoms with Gasteiger partial charge in [-0.1, -0.05) is 12.1 Å². The van der Waals surface area contributed by atoms with Gasteiger partial charge in [0.1, 0.15) is 11.6 Å². The first-order valence-corrected chi connectivity index (χ1v) is 8.64. The number of nitrogens with one attached hydrogen (secondary N) is 1. The first kappa shape index (κ1) is 21.0. The number of aromatic nitrogens is 1. The normalized spacial score (nSPS) is 15.1. The summed E-state index contributed by atoms with van der Waals surface area (Å²) in [5.41, 5.74) is -3.35. The van der Waals surface area contributed by atoms with Crippen molar-refractivity contribution in [2.75, 3.05) is 5.32 Å². The van der Waals surface area contributed by atoms with E-state index in [1.165, 1.54) is 12.1 Å². The highest BCUT2D eigenvalue weighted by Gasteiger charge is 2.58. The van der Waals surface area contributed by atoms with Gasteiger partial charge >= 0.3 is 6.18 Å². The average molecular weight is 406 g/mol. The van der Waals surface area contributed by atoms with Crippen LogP contribution in [0, 0.1) is 18.6 Å². The van der Waals surface area contributed by atoms with E-state index < -0.39 is 41.3 Å². The SMILES string of the molecule is [B]CC(O)(C(Nc1cccc2nc(C)ccc12)c1c(F)cccc1F)C(F)(F)F. The standard InChI is InChI=1S/C20H16BF5N2O/c1-11-8-9-12-15(27-11)6-3-7-16(12)28-18(19(29,10-21)20(24,25)26)17-13(22)4-2-5-14(17)23/h2-9,18,28-29H,10H2,1H3. The van der Waals surface area contributed by atoms with Crippen LogP contribution in [-0.2, 0) is 0 Å². The minimum absolute atomic E-state index is 0.110. The summed E-state index contributed by atoms with van der Waals surface area (Å²) in [4.78, 5) is 4.28. The minimum Gasteiger partial charge on any atom is -0.379 e. The Hall–Kier alpha value is -2.68. The molecule has 0 bridgehead atoms. The summed E-state index contributed by atoms with van der Waals surface area (Å²) in [5.74, 6) is -2.49. The summed E-state index contributed by atoms with van der Waals surface area (Å²) < 4.78 is 70.1. The molecule has 0 saturated heterocycles. The van der Waals surface area contributed by atoms with Gasteiger partial charge in [0.2, 0.25) is 0 Å². The number of hydrogen-bond acceptors (Lipinski definition) is 3. The molecule has 2 aromatic carbocycles. The molecule has 0 aliphatic carbocycles. The van der Waals surface area contributed by atoms with Crippen molar-refractivity contribution in [3.05, 3.63) is 71.4 Å². The highest BCUT2D eigenvalue weighted by molar-refractivity contribution is 6.09. The molecular formula is C20H16BF5N2O. The monoisotopic (exact) mass is 406 g/mol. The number of rotatable bonds is 5. The number of aliphatic hydroxyl groups is 1. The molecule has 0 amide bonds. The molecule has 3 rings (SSSR count). The van der Waals surface area contributed by atoms with Crippen molar-refractivity contribution in [2.24, 2.45) is 0 Å². The Labute approximate surface area is 165 Å². The summed E-state index contributed by atoms with van der Waals surface area (Å²) in [6.07, 6.45) is -6.59. The van der Waals surface area contributed by atoms with Crippen molar-refractivity contribution in [1.82, 2.24) is 4.98 Å². The van der Waals surface area contributed by atoms with Gasteiger partial charge in [-0.05, 0) is 49.6 Å².